The lowest BCUT2D eigenvalue weighted by atomic mass is 10.2. The van der Waals surface area contributed by atoms with E-state index in [4.69, 9.17) is 4.74 Å². The van der Waals surface area contributed by atoms with Gasteiger partial charge in [0, 0.05) is 32.4 Å². The Balaban J connectivity index is 2.18. The molecule has 0 aliphatic rings. The van der Waals surface area contributed by atoms with Gasteiger partial charge in [0.2, 0.25) is 0 Å². The number of nitrogens with zero attached hydrogens (tertiary/aromatic N) is 1. The fourth-order valence-electron chi connectivity index (χ4n) is 1.96. The van der Waals surface area contributed by atoms with E-state index in [2.05, 4.69) is 54.5 Å². The van der Waals surface area contributed by atoms with Gasteiger partial charge in [-0.25, -0.2) is 0 Å². The predicted molar refractivity (Wildman–Crippen MR) is 78.3 cm³/mol. The Morgan fingerprint density at radius 3 is 2.61 bits per heavy atom. The van der Waals surface area contributed by atoms with Crippen LogP contribution in [0.2, 0.25) is 0 Å². The van der Waals surface area contributed by atoms with Crippen molar-refractivity contribution in [1.82, 2.24) is 5.32 Å². The molecule has 18 heavy (non-hydrogen) atoms. The molecule has 3 nitrogen and oxygen atoms in total. The SMILES string of the molecule is CCC(COC)NCCCN(C)c1ccccc1. The molecule has 1 N–H and O–H groups in total. The molecular weight excluding hydrogens is 224 g/mol. The van der Waals surface area contributed by atoms with E-state index in [-0.39, 0.29) is 0 Å². The van der Waals surface area contributed by atoms with Crippen molar-refractivity contribution in [3.8, 4) is 0 Å². The molecule has 1 aromatic carbocycles. The van der Waals surface area contributed by atoms with E-state index in [0.717, 1.165) is 32.5 Å². The molecular formula is C15H26N2O. The summed E-state index contributed by atoms with van der Waals surface area (Å²) in [6.45, 7) is 5.09. The van der Waals surface area contributed by atoms with Gasteiger partial charge >= 0.3 is 0 Å². The Kier molecular flexibility index (Phi) is 7.46. The highest BCUT2D eigenvalue weighted by molar-refractivity contribution is 5.44. The van der Waals surface area contributed by atoms with Crippen LogP contribution in [0.4, 0.5) is 5.69 Å². The first-order valence-electron chi connectivity index (χ1n) is 6.76. The van der Waals surface area contributed by atoms with Crippen LogP contribution in [0.3, 0.4) is 0 Å². The van der Waals surface area contributed by atoms with Gasteiger partial charge in [-0.3, -0.25) is 0 Å². The molecule has 0 aliphatic heterocycles. The maximum absolute atomic E-state index is 5.17. The fourth-order valence-corrected chi connectivity index (χ4v) is 1.96. The third kappa shape index (κ3) is 5.52. The van der Waals surface area contributed by atoms with E-state index in [9.17, 15) is 0 Å². The van der Waals surface area contributed by atoms with Gasteiger partial charge in [-0.2, -0.15) is 0 Å². The first kappa shape index (κ1) is 15.0. The first-order chi connectivity index (χ1) is 8.77. The molecule has 1 unspecified atom stereocenters. The third-order valence-electron chi connectivity index (χ3n) is 3.16. The molecule has 0 spiro atoms. The summed E-state index contributed by atoms with van der Waals surface area (Å²) >= 11 is 0. The number of para-hydroxylation sites is 1. The standard InChI is InChI=1S/C15H26N2O/c1-4-14(13-18-3)16-11-8-12-17(2)15-9-6-5-7-10-15/h5-7,9-10,14,16H,4,8,11-13H2,1-3H3. The second kappa shape index (κ2) is 8.95. The van der Waals surface area contributed by atoms with Crippen LogP contribution in [0.25, 0.3) is 0 Å². The van der Waals surface area contributed by atoms with Crippen molar-refractivity contribution >= 4 is 5.69 Å². The van der Waals surface area contributed by atoms with Crippen molar-refractivity contribution in [3.63, 3.8) is 0 Å². The molecule has 0 amide bonds. The number of methoxy groups -OCH3 is 1. The maximum atomic E-state index is 5.17. The van der Waals surface area contributed by atoms with E-state index >= 15 is 0 Å². The van der Waals surface area contributed by atoms with E-state index in [1.807, 2.05) is 0 Å². The largest absolute Gasteiger partial charge is 0.383 e. The Hall–Kier alpha value is -1.06. The molecule has 1 atom stereocenters. The predicted octanol–water partition coefficient (Wildman–Crippen LogP) is 2.53. The number of hydrogen-bond acceptors (Lipinski definition) is 3. The minimum Gasteiger partial charge on any atom is -0.383 e. The van der Waals surface area contributed by atoms with Crippen LogP contribution < -0.4 is 10.2 Å². The molecule has 0 saturated heterocycles. The normalized spacial score (nSPS) is 12.4. The summed E-state index contributed by atoms with van der Waals surface area (Å²) in [6.07, 6.45) is 2.26. The monoisotopic (exact) mass is 250 g/mol. The Labute approximate surface area is 111 Å². The van der Waals surface area contributed by atoms with Gasteiger partial charge in [0.1, 0.15) is 0 Å². The summed E-state index contributed by atoms with van der Waals surface area (Å²) in [5.74, 6) is 0. The van der Waals surface area contributed by atoms with Crippen molar-refractivity contribution in [2.45, 2.75) is 25.8 Å². The number of ether oxygens (including phenoxy) is 1. The van der Waals surface area contributed by atoms with Crippen LogP contribution in [0, 0.1) is 0 Å². The smallest absolute Gasteiger partial charge is 0.0615 e. The second-order valence-electron chi connectivity index (χ2n) is 4.63. The summed E-state index contributed by atoms with van der Waals surface area (Å²) in [5, 5.41) is 3.53. The summed E-state index contributed by atoms with van der Waals surface area (Å²) in [6, 6.07) is 11.0. The average Bonchev–Trinajstić information content (AvgIpc) is 2.43. The molecule has 1 rings (SSSR count). The number of benzene rings is 1. The van der Waals surface area contributed by atoms with Gasteiger partial charge in [0.05, 0.1) is 6.61 Å². The van der Waals surface area contributed by atoms with Crippen molar-refractivity contribution in [2.75, 3.05) is 38.8 Å². The van der Waals surface area contributed by atoms with E-state index in [1.165, 1.54) is 5.69 Å². The van der Waals surface area contributed by atoms with Gasteiger partial charge in [-0.1, -0.05) is 25.1 Å². The van der Waals surface area contributed by atoms with Crippen molar-refractivity contribution in [3.05, 3.63) is 30.3 Å². The maximum Gasteiger partial charge on any atom is 0.0615 e. The van der Waals surface area contributed by atoms with Gasteiger partial charge in [0.25, 0.3) is 0 Å². The molecule has 0 aliphatic carbocycles. The molecule has 0 radical (unpaired) electrons. The second-order valence-corrected chi connectivity index (χ2v) is 4.63. The highest BCUT2D eigenvalue weighted by Gasteiger charge is 2.04. The lowest BCUT2D eigenvalue weighted by Crippen LogP contribution is -2.34. The van der Waals surface area contributed by atoms with Crippen molar-refractivity contribution in [2.24, 2.45) is 0 Å². The average molecular weight is 250 g/mol. The summed E-state index contributed by atoms with van der Waals surface area (Å²) in [5.41, 5.74) is 1.28. The fraction of sp³-hybridized carbons (Fsp3) is 0.600. The minimum atomic E-state index is 0.483. The Morgan fingerprint density at radius 1 is 1.28 bits per heavy atom. The van der Waals surface area contributed by atoms with Crippen LogP contribution >= 0.6 is 0 Å². The minimum absolute atomic E-state index is 0.483. The molecule has 0 saturated carbocycles. The molecule has 0 aromatic heterocycles. The summed E-state index contributed by atoms with van der Waals surface area (Å²) < 4.78 is 5.17. The highest BCUT2D eigenvalue weighted by Crippen LogP contribution is 2.10. The van der Waals surface area contributed by atoms with E-state index in [0.29, 0.717) is 6.04 Å². The molecule has 102 valence electrons. The first-order valence-corrected chi connectivity index (χ1v) is 6.76. The number of rotatable bonds is 9. The van der Waals surface area contributed by atoms with E-state index in [1.54, 1.807) is 7.11 Å². The summed E-state index contributed by atoms with van der Waals surface area (Å²) in [4.78, 5) is 2.29. The quantitative estimate of drug-likeness (QED) is 0.682. The van der Waals surface area contributed by atoms with Crippen LogP contribution in [-0.4, -0.2) is 39.9 Å². The van der Waals surface area contributed by atoms with Crippen LogP contribution in [0.5, 0.6) is 0 Å². The molecule has 3 heteroatoms. The summed E-state index contributed by atoms with van der Waals surface area (Å²) in [7, 11) is 3.90. The molecule has 0 fully saturated rings. The lowest BCUT2D eigenvalue weighted by Gasteiger charge is -2.20. The van der Waals surface area contributed by atoms with Crippen LogP contribution in [-0.2, 0) is 4.74 Å². The highest BCUT2D eigenvalue weighted by atomic mass is 16.5. The van der Waals surface area contributed by atoms with Gasteiger partial charge in [-0.05, 0) is 31.5 Å². The number of nitrogens with one attached hydrogen (secondary N) is 1. The van der Waals surface area contributed by atoms with Crippen molar-refractivity contribution in [1.29, 1.82) is 0 Å². The van der Waals surface area contributed by atoms with Gasteiger partial charge < -0.3 is 15.0 Å². The van der Waals surface area contributed by atoms with Gasteiger partial charge in [0.15, 0.2) is 0 Å². The van der Waals surface area contributed by atoms with Crippen molar-refractivity contribution < 1.29 is 4.74 Å². The van der Waals surface area contributed by atoms with E-state index < -0.39 is 0 Å². The van der Waals surface area contributed by atoms with Crippen LogP contribution in [0.1, 0.15) is 19.8 Å². The molecule has 0 heterocycles. The van der Waals surface area contributed by atoms with Crippen LogP contribution in [0.15, 0.2) is 30.3 Å². The Morgan fingerprint density at radius 2 is 2.00 bits per heavy atom. The zero-order chi connectivity index (χ0) is 13.2. The molecule has 1 aromatic rings. The number of hydrogen-bond donors (Lipinski definition) is 1. The zero-order valence-electron chi connectivity index (χ0n) is 11.9. The Bertz CT molecular complexity index is 303. The molecule has 0 bridgehead atoms. The zero-order valence-corrected chi connectivity index (χ0v) is 11.9. The van der Waals surface area contributed by atoms with Gasteiger partial charge in [-0.15, -0.1) is 0 Å². The lowest BCUT2D eigenvalue weighted by molar-refractivity contribution is 0.164. The third-order valence-corrected chi connectivity index (χ3v) is 3.16. The topological polar surface area (TPSA) is 24.5 Å². The number of anilines is 1.